The number of benzene rings is 4. The van der Waals surface area contributed by atoms with Crippen LogP contribution in [0.3, 0.4) is 0 Å². The van der Waals surface area contributed by atoms with Crippen LogP contribution in [0.1, 0.15) is 64.3 Å². The topological polar surface area (TPSA) is 52.9 Å². The van der Waals surface area contributed by atoms with Crippen molar-refractivity contribution in [3.63, 3.8) is 0 Å². The number of rotatable bonds is 5. The molecule has 0 aliphatic heterocycles. The molecule has 6 heteroatoms. The van der Waals surface area contributed by atoms with Crippen LogP contribution in [0, 0.1) is 0 Å². The van der Waals surface area contributed by atoms with E-state index in [9.17, 15) is 0 Å². The summed E-state index contributed by atoms with van der Waals surface area (Å²) in [5.74, 6) is 1.98. The molecule has 1 saturated carbocycles. The number of hydrogen-bond acceptors (Lipinski definition) is 3. The Morgan fingerprint density at radius 3 is 2.11 bits per heavy atom. The second kappa shape index (κ2) is 11.4. The summed E-state index contributed by atoms with van der Waals surface area (Å²) in [6.07, 6.45) is 6.16. The molecule has 1 fully saturated rings. The first-order chi connectivity index (χ1) is 22.8. The quantitative estimate of drug-likeness (QED) is 0.193. The molecular weight excluding hydrogens is 576 g/mol. The predicted octanol–water partition coefficient (Wildman–Crippen LogP) is 9.94. The first-order valence-corrected chi connectivity index (χ1v) is 16.9. The summed E-state index contributed by atoms with van der Waals surface area (Å²) in [6, 6.07) is 32.7. The number of imidazole rings is 2. The van der Waals surface area contributed by atoms with E-state index in [1.807, 2.05) is 0 Å². The van der Waals surface area contributed by atoms with Crippen molar-refractivity contribution in [2.24, 2.45) is 19.1 Å². The maximum Gasteiger partial charge on any atom is 0.140 e. The van der Waals surface area contributed by atoms with E-state index < -0.39 is 0 Å². The number of fused-ring (bicyclic) bond motifs is 3. The molecule has 0 spiro atoms. The Hall–Kier alpha value is -4.97. The fourth-order valence-electron chi connectivity index (χ4n) is 7.36. The Morgan fingerprint density at radius 2 is 1.36 bits per heavy atom. The molecule has 0 amide bonds. The van der Waals surface area contributed by atoms with E-state index in [2.05, 4.69) is 140 Å². The standard InChI is InChI=1S/C41H42N6/c1-41(2,3)40-44-34-18-10-12-20-37(34)47(40)31-23-28(22-29(24-31)39-43-33-17-9-11-19-36(33)46(39)5)38-25-32-27(14-13-21-35(32)45(38)4)26-42-30-15-7-6-8-16-30/h9-14,17-25H,6-8,15-16,26H2,1-5H3. The van der Waals surface area contributed by atoms with Gasteiger partial charge in [-0.3, -0.25) is 9.56 Å². The molecule has 6 nitrogen and oxygen atoms in total. The van der Waals surface area contributed by atoms with Gasteiger partial charge in [0, 0.05) is 58.6 Å². The van der Waals surface area contributed by atoms with E-state index in [1.54, 1.807) is 0 Å². The van der Waals surface area contributed by atoms with Crippen LogP contribution in [0.2, 0.25) is 0 Å². The molecule has 3 aromatic heterocycles. The SMILES string of the molecule is Cn1c(-c2cc(-c3cc4c(CN=C5CCCCC5)cccc4n3C)cc(-n3c(C(C)(C)C)nc4ccccc43)c2)nc2ccccc21. The third-order valence-corrected chi connectivity index (χ3v) is 9.83. The zero-order chi connectivity index (χ0) is 32.3. The Kier molecular flexibility index (Phi) is 7.12. The van der Waals surface area contributed by atoms with Gasteiger partial charge in [-0.1, -0.05) is 63.6 Å². The van der Waals surface area contributed by atoms with Gasteiger partial charge in [-0.15, -0.1) is 0 Å². The van der Waals surface area contributed by atoms with Crippen molar-refractivity contribution in [3.05, 3.63) is 102 Å². The lowest BCUT2D eigenvalue weighted by Gasteiger charge is -2.21. The Balaban J connectivity index is 1.35. The van der Waals surface area contributed by atoms with E-state index in [-0.39, 0.29) is 5.41 Å². The second-order valence-electron chi connectivity index (χ2n) is 14.1. The largest absolute Gasteiger partial charge is 0.344 e. The highest BCUT2D eigenvalue weighted by atomic mass is 15.1. The zero-order valence-corrected chi connectivity index (χ0v) is 28.1. The average Bonchev–Trinajstić information content (AvgIpc) is 3.76. The van der Waals surface area contributed by atoms with Gasteiger partial charge in [0.1, 0.15) is 11.6 Å². The van der Waals surface area contributed by atoms with Crippen molar-refractivity contribution in [2.75, 3.05) is 0 Å². The van der Waals surface area contributed by atoms with E-state index >= 15 is 0 Å². The molecule has 236 valence electrons. The van der Waals surface area contributed by atoms with E-state index in [1.165, 1.54) is 47.1 Å². The van der Waals surface area contributed by atoms with Crippen LogP contribution < -0.4 is 0 Å². The van der Waals surface area contributed by atoms with Gasteiger partial charge < -0.3 is 9.13 Å². The first-order valence-electron chi connectivity index (χ1n) is 16.9. The molecule has 1 aliphatic rings. The second-order valence-corrected chi connectivity index (χ2v) is 14.1. The maximum absolute atomic E-state index is 5.16. The molecule has 4 aromatic carbocycles. The van der Waals surface area contributed by atoms with E-state index in [0.29, 0.717) is 0 Å². The van der Waals surface area contributed by atoms with Gasteiger partial charge in [-0.05, 0) is 85.8 Å². The molecule has 0 saturated heterocycles. The predicted molar refractivity (Wildman–Crippen MR) is 196 cm³/mol. The monoisotopic (exact) mass is 618 g/mol. The van der Waals surface area contributed by atoms with E-state index in [4.69, 9.17) is 15.0 Å². The highest BCUT2D eigenvalue weighted by molar-refractivity contribution is 5.92. The molecule has 0 bridgehead atoms. The van der Waals surface area contributed by atoms with Gasteiger partial charge in [0.2, 0.25) is 0 Å². The molecule has 8 rings (SSSR count). The summed E-state index contributed by atoms with van der Waals surface area (Å²) in [4.78, 5) is 15.4. The van der Waals surface area contributed by atoms with Crippen molar-refractivity contribution < 1.29 is 0 Å². The summed E-state index contributed by atoms with van der Waals surface area (Å²) >= 11 is 0. The summed E-state index contributed by atoms with van der Waals surface area (Å²) in [7, 11) is 4.30. The van der Waals surface area contributed by atoms with Crippen LogP contribution in [-0.4, -0.2) is 29.4 Å². The number of aromatic nitrogens is 5. The third kappa shape index (κ3) is 5.16. The zero-order valence-electron chi connectivity index (χ0n) is 28.1. The van der Waals surface area contributed by atoms with Crippen LogP contribution >= 0.6 is 0 Å². The Morgan fingerprint density at radius 1 is 0.681 bits per heavy atom. The normalized spacial score (nSPS) is 14.1. The third-order valence-electron chi connectivity index (χ3n) is 9.83. The smallest absolute Gasteiger partial charge is 0.140 e. The molecule has 3 heterocycles. The molecule has 47 heavy (non-hydrogen) atoms. The number of nitrogens with zero attached hydrogens (tertiary/aromatic N) is 6. The minimum absolute atomic E-state index is 0.165. The van der Waals surface area contributed by atoms with Gasteiger partial charge in [0.15, 0.2) is 0 Å². The van der Waals surface area contributed by atoms with Crippen LogP contribution in [0.15, 0.2) is 96.0 Å². The van der Waals surface area contributed by atoms with Crippen molar-refractivity contribution in [1.82, 2.24) is 23.7 Å². The minimum Gasteiger partial charge on any atom is -0.344 e. The van der Waals surface area contributed by atoms with E-state index in [0.717, 1.165) is 69.9 Å². The fourth-order valence-corrected chi connectivity index (χ4v) is 7.36. The highest BCUT2D eigenvalue weighted by Gasteiger charge is 2.25. The number of aryl methyl sites for hydroxylation is 2. The summed E-state index contributed by atoms with van der Waals surface area (Å²) in [5.41, 5.74) is 12.4. The van der Waals surface area contributed by atoms with Gasteiger partial charge in [0.25, 0.3) is 0 Å². The molecule has 1 aliphatic carbocycles. The number of para-hydroxylation sites is 4. The van der Waals surface area contributed by atoms with Crippen molar-refractivity contribution in [1.29, 1.82) is 0 Å². The van der Waals surface area contributed by atoms with Gasteiger partial charge in [-0.2, -0.15) is 0 Å². The van der Waals surface area contributed by atoms with Gasteiger partial charge in [-0.25, -0.2) is 9.97 Å². The van der Waals surface area contributed by atoms with Crippen molar-refractivity contribution in [2.45, 2.75) is 64.8 Å². The molecule has 7 aromatic rings. The van der Waals surface area contributed by atoms with Gasteiger partial charge in [0.05, 0.1) is 28.6 Å². The van der Waals surface area contributed by atoms with Crippen LogP contribution in [0.25, 0.3) is 61.3 Å². The van der Waals surface area contributed by atoms with Crippen LogP contribution in [-0.2, 0) is 26.1 Å². The molecular formula is C41H42N6. The fraction of sp³-hybridized carbons (Fsp3) is 0.293. The Labute approximate surface area is 276 Å². The van der Waals surface area contributed by atoms with Gasteiger partial charge >= 0.3 is 0 Å². The summed E-state index contributed by atoms with van der Waals surface area (Å²) in [5, 5.41) is 1.27. The van der Waals surface area contributed by atoms with Crippen molar-refractivity contribution >= 4 is 38.7 Å². The Bertz CT molecular complexity index is 2310. The number of hydrogen-bond donors (Lipinski definition) is 0. The summed E-state index contributed by atoms with van der Waals surface area (Å²) < 4.78 is 6.89. The van der Waals surface area contributed by atoms with Crippen molar-refractivity contribution in [3.8, 4) is 28.3 Å². The lowest BCUT2D eigenvalue weighted by atomic mass is 9.95. The molecule has 0 radical (unpaired) electrons. The number of aliphatic imine (C=N–C) groups is 1. The summed E-state index contributed by atoms with van der Waals surface area (Å²) in [6.45, 7) is 7.45. The molecule has 0 N–H and O–H groups in total. The highest BCUT2D eigenvalue weighted by Crippen LogP contribution is 2.37. The maximum atomic E-state index is 5.16. The lowest BCUT2D eigenvalue weighted by molar-refractivity contribution is 0.539. The lowest BCUT2D eigenvalue weighted by Crippen LogP contribution is -2.18. The molecule has 0 atom stereocenters. The van der Waals surface area contributed by atoms with Crippen LogP contribution in [0.4, 0.5) is 0 Å². The minimum atomic E-state index is -0.165. The first kappa shape index (κ1) is 29.4. The molecule has 0 unspecified atom stereocenters. The average molecular weight is 619 g/mol. The van der Waals surface area contributed by atoms with Crippen LogP contribution in [0.5, 0.6) is 0 Å².